The molecule has 0 aliphatic rings. The zero-order valence-electron chi connectivity index (χ0n) is 14.5. The van der Waals surface area contributed by atoms with Gasteiger partial charge in [0.1, 0.15) is 0 Å². The molecule has 0 heterocycles. The quantitative estimate of drug-likeness (QED) is 0.431. The van der Waals surface area contributed by atoms with Gasteiger partial charge in [0.05, 0.1) is 11.5 Å². The monoisotopic (exact) mass is 359 g/mol. The minimum atomic E-state index is -3.13. The van der Waals surface area contributed by atoms with E-state index in [1.54, 1.807) is 0 Å². The number of aliphatic imine (C=N–C) groups is 1. The number of hydrogen-bond acceptors (Lipinski definition) is 3. The summed E-state index contributed by atoms with van der Waals surface area (Å²) in [4.78, 5) is 4.19. The number of nitrogens with two attached hydrogens (primary N) is 1. The molecule has 134 valence electrons. The van der Waals surface area contributed by atoms with E-state index >= 15 is 0 Å². The molecule has 0 atom stereocenters. The molecule has 0 bridgehead atoms. The van der Waals surface area contributed by atoms with Crippen molar-refractivity contribution in [1.29, 1.82) is 0 Å². The zero-order chi connectivity index (χ0) is 18.1. The van der Waals surface area contributed by atoms with Crippen LogP contribution in [0.5, 0.6) is 0 Å². The summed E-state index contributed by atoms with van der Waals surface area (Å²) < 4.78 is 24.2. The van der Waals surface area contributed by atoms with Crippen LogP contribution in [0.25, 0.3) is 0 Å². The number of benzene rings is 2. The van der Waals surface area contributed by atoms with Crippen molar-refractivity contribution < 1.29 is 8.42 Å². The van der Waals surface area contributed by atoms with E-state index in [9.17, 15) is 8.42 Å². The molecule has 25 heavy (non-hydrogen) atoms. The summed E-state index contributed by atoms with van der Waals surface area (Å²) in [7, 11) is -3.13. The fraction of sp³-hybridized carbons (Fsp3) is 0.316. The van der Waals surface area contributed by atoms with Gasteiger partial charge in [0.2, 0.25) is 0 Å². The SMILES string of the molecule is CCc1ccc(NC(N)=NCCCS(=O)(=O)Cc2ccccc2)cc1. The normalized spacial score (nSPS) is 12.1. The second-order valence-electron chi connectivity index (χ2n) is 5.87. The second kappa shape index (κ2) is 9.22. The highest BCUT2D eigenvalue weighted by molar-refractivity contribution is 7.90. The Morgan fingerprint density at radius 3 is 2.36 bits per heavy atom. The molecule has 3 N–H and O–H groups in total. The van der Waals surface area contributed by atoms with Crippen LogP contribution in [-0.2, 0) is 22.0 Å². The van der Waals surface area contributed by atoms with Gasteiger partial charge in [-0.25, -0.2) is 8.42 Å². The first-order valence-electron chi connectivity index (χ1n) is 8.39. The average molecular weight is 359 g/mol. The third-order valence-corrected chi connectivity index (χ3v) is 5.44. The first-order chi connectivity index (χ1) is 12.0. The summed E-state index contributed by atoms with van der Waals surface area (Å²) in [6.07, 6.45) is 1.44. The van der Waals surface area contributed by atoms with E-state index in [-0.39, 0.29) is 11.5 Å². The van der Waals surface area contributed by atoms with E-state index in [0.717, 1.165) is 17.7 Å². The van der Waals surface area contributed by atoms with Crippen LogP contribution in [0, 0.1) is 0 Å². The number of hydrogen-bond donors (Lipinski definition) is 2. The maximum Gasteiger partial charge on any atom is 0.193 e. The number of nitrogens with zero attached hydrogens (tertiary/aromatic N) is 1. The third kappa shape index (κ3) is 6.97. The molecule has 5 nitrogen and oxygen atoms in total. The zero-order valence-corrected chi connectivity index (χ0v) is 15.3. The van der Waals surface area contributed by atoms with Crippen LogP contribution in [0.1, 0.15) is 24.5 Å². The van der Waals surface area contributed by atoms with Gasteiger partial charge in [0.25, 0.3) is 0 Å². The summed E-state index contributed by atoms with van der Waals surface area (Å²) in [5.41, 5.74) is 8.77. The molecule has 0 fully saturated rings. The van der Waals surface area contributed by atoms with E-state index in [1.807, 2.05) is 54.6 Å². The predicted octanol–water partition coefficient (Wildman–Crippen LogP) is 2.98. The van der Waals surface area contributed by atoms with E-state index in [2.05, 4.69) is 17.2 Å². The average Bonchev–Trinajstić information content (AvgIpc) is 2.60. The Morgan fingerprint density at radius 1 is 1.04 bits per heavy atom. The highest BCUT2D eigenvalue weighted by Crippen LogP contribution is 2.10. The molecule has 0 unspecified atom stereocenters. The van der Waals surface area contributed by atoms with E-state index in [4.69, 9.17) is 5.73 Å². The van der Waals surface area contributed by atoms with Gasteiger partial charge in [-0.2, -0.15) is 0 Å². The van der Waals surface area contributed by atoms with Crippen molar-refractivity contribution in [2.45, 2.75) is 25.5 Å². The van der Waals surface area contributed by atoms with Gasteiger partial charge in [-0.15, -0.1) is 0 Å². The molecule has 0 aliphatic heterocycles. The molecule has 0 aromatic heterocycles. The Hall–Kier alpha value is -2.34. The van der Waals surface area contributed by atoms with Crippen molar-refractivity contribution in [3.63, 3.8) is 0 Å². The molecule has 0 saturated heterocycles. The van der Waals surface area contributed by atoms with Gasteiger partial charge in [-0.3, -0.25) is 4.99 Å². The molecule has 6 heteroatoms. The fourth-order valence-electron chi connectivity index (χ4n) is 2.40. The van der Waals surface area contributed by atoms with Gasteiger partial charge in [0, 0.05) is 12.2 Å². The Kier molecular flexibility index (Phi) is 7.01. The summed E-state index contributed by atoms with van der Waals surface area (Å²) >= 11 is 0. The molecule has 0 spiro atoms. The number of anilines is 1. The van der Waals surface area contributed by atoms with E-state index in [0.29, 0.717) is 18.9 Å². The van der Waals surface area contributed by atoms with Crippen LogP contribution in [0.15, 0.2) is 59.6 Å². The van der Waals surface area contributed by atoms with Crippen LogP contribution in [-0.4, -0.2) is 26.7 Å². The van der Waals surface area contributed by atoms with Crippen LogP contribution >= 0.6 is 0 Å². The van der Waals surface area contributed by atoms with Crippen LogP contribution in [0.2, 0.25) is 0 Å². The molecule has 2 aromatic rings. The van der Waals surface area contributed by atoms with Crippen molar-refractivity contribution in [2.24, 2.45) is 10.7 Å². The number of aryl methyl sites for hydroxylation is 1. The standard InChI is InChI=1S/C19H25N3O2S/c1-2-16-9-11-18(12-10-16)22-19(20)21-13-6-14-25(23,24)15-17-7-4-3-5-8-17/h3-5,7-12H,2,6,13-15H2,1H3,(H3,20,21,22). The molecule has 0 aliphatic carbocycles. The van der Waals surface area contributed by atoms with Gasteiger partial charge in [-0.1, -0.05) is 49.4 Å². The molecule has 2 aromatic carbocycles. The fourth-order valence-corrected chi connectivity index (χ4v) is 3.81. The Morgan fingerprint density at radius 2 is 1.72 bits per heavy atom. The topological polar surface area (TPSA) is 84.5 Å². The van der Waals surface area contributed by atoms with Crippen LogP contribution in [0.3, 0.4) is 0 Å². The smallest absolute Gasteiger partial charge is 0.193 e. The highest BCUT2D eigenvalue weighted by Gasteiger charge is 2.11. The lowest BCUT2D eigenvalue weighted by Gasteiger charge is -2.07. The van der Waals surface area contributed by atoms with Crippen molar-refractivity contribution in [3.05, 3.63) is 65.7 Å². The Labute approximate surface area is 149 Å². The minimum Gasteiger partial charge on any atom is -0.370 e. The summed E-state index contributed by atoms with van der Waals surface area (Å²) in [5, 5.41) is 3.01. The van der Waals surface area contributed by atoms with E-state index < -0.39 is 9.84 Å². The molecular formula is C19H25N3O2S. The molecule has 2 rings (SSSR count). The predicted molar refractivity (Wildman–Crippen MR) is 104 cm³/mol. The second-order valence-corrected chi connectivity index (χ2v) is 8.06. The summed E-state index contributed by atoms with van der Waals surface area (Å²) in [5.74, 6) is 0.462. The lowest BCUT2D eigenvalue weighted by Crippen LogP contribution is -2.23. The Balaban J connectivity index is 1.77. The van der Waals surface area contributed by atoms with Crippen molar-refractivity contribution in [3.8, 4) is 0 Å². The number of sulfone groups is 1. The lowest BCUT2D eigenvalue weighted by molar-refractivity contribution is 0.593. The third-order valence-electron chi connectivity index (χ3n) is 3.76. The minimum absolute atomic E-state index is 0.0645. The van der Waals surface area contributed by atoms with Crippen molar-refractivity contribution in [1.82, 2.24) is 0 Å². The van der Waals surface area contributed by atoms with Gasteiger partial charge >= 0.3 is 0 Å². The first-order valence-corrected chi connectivity index (χ1v) is 10.2. The summed E-state index contributed by atoms with van der Waals surface area (Å²) in [6.45, 7) is 2.48. The number of rotatable bonds is 8. The highest BCUT2D eigenvalue weighted by atomic mass is 32.2. The molecular weight excluding hydrogens is 334 g/mol. The van der Waals surface area contributed by atoms with Gasteiger partial charge in [0.15, 0.2) is 15.8 Å². The maximum atomic E-state index is 12.1. The largest absolute Gasteiger partial charge is 0.370 e. The molecule has 0 saturated carbocycles. The molecule has 0 amide bonds. The molecule has 0 radical (unpaired) electrons. The van der Waals surface area contributed by atoms with Gasteiger partial charge < -0.3 is 11.1 Å². The van der Waals surface area contributed by atoms with Crippen LogP contribution in [0.4, 0.5) is 5.69 Å². The Bertz CT molecular complexity index is 785. The van der Waals surface area contributed by atoms with Crippen molar-refractivity contribution in [2.75, 3.05) is 17.6 Å². The number of guanidine groups is 1. The maximum absolute atomic E-state index is 12.1. The van der Waals surface area contributed by atoms with E-state index in [1.165, 1.54) is 5.56 Å². The summed E-state index contributed by atoms with van der Waals surface area (Å²) in [6, 6.07) is 17.2. The van der Waals surface area contributed by atoms with Crippen molar-refractivity contribution >= 4 is 21.5 Å². The van der Waals surface area contributed by atoms with Gasteiger partial charge in [-0.05, 0) is 36.1 Å². The van der Waals surface area contributed by atoms with Crippen LogP contribution < -0.4 is 11.1 Å². The lowest BCUT2D eigenvalue weighted by atomic mass is 10.1. The number of nitrogens with one attached hydrogen (secondary N) is 1. The first kappa shape index (κ1) is 19.0.